The maximum atomic E-state index is 12.2. The summed E-state index contributed by atoms with van der Waals surface area (Å²) in [4.78, 5) is 51.3. The molecule has 150 valence electrons. The number of carbonyl (C=O) groups excluding carboxylic acids is 2. The minimum atomic E-state index is -0.801. The molecule has 0 aliphatic carbocycles. The van der Waals surface area contributed by atoms with E-state index in [1.807, 2.05) is 25.7 Å². The number of methoxy groups -OCH3 is 1. The fourth-order valence-electron chi connectivity index (χ4n) is 2.62. The van der Waals surface area contributed by atoms with Crippen LogP contribution in [0.25, 0.3) is 0 Å². The average molecular weight is 382 g/mol. The van der Waals surface area contributed by atoms with Gasteiger partial charge in [-0.05, 0) is 20.8 Å². The van der Waals surface area contributed by atoms with Gasteiger partial charge in [-0.15, -0.1) is 0 Å². The van der Waals surface area contributed by atoms with E-state index in [0.29, 0.717) is 31.7 Å². The van der Waals surface area contributed by atoms with Gasteiger partial charge < -0.3 is 19.5 Å². The van der Waals surface area contributed by atoms with Crippen molar-refractivity contribution in [2.75, 3.05) is 33.3 Å². The monoisotopic (exact) mass is 382 g/mol. The molecule has 1 aromatic rings. The van der Waals surface area contributed by atoms with Crippen molar-refractivity contribution in [2.24, 2.45) is 0 Å². The molecule has 0 unspecified atom stereocenters. The Balaban J connectivity index is 1.97. The van der Waals surface area contributed by atoms with Crippen LogP contribution in [0.4, 0.5) is 4.79 Å². The number of piperazine rings is 1. The van der Waals surface area contributed by atoms with Gasteiger partial charge in [0, 0.05) is 44.5 Å². The molecule has 0 spiro atoms. The summed E-state index contributed by atoms with van der Waals surface area (Å²) in [5, 5.41) is 2.65. The number of esters is 1. The smallest absolute Gasteiger partial charge is 0.410 e. The molecule has 0 atom stereocenters. The van der Waals surface area contributed by atoms with Crippen molar-refractivity contribution < 1.29 is 19.1 Å². The zero-order valence-electron chi connectivity index (χ0n) is 16.1. The number of aromatic amines is 1. The molecule has 1 aliphatic rings. The standard InChI is InChI=1S/C17H26N4O6/c1-17(2,3)27-16(25)20-7-5-19(6-8-20)10-12-9-18-21(11-13(22)26-4)15(24)14(12)23/h9,18H,5-8,10-11H2,1-4H3. The van der Waals surface area contributed by atoms with Crippen LogP contribution in [0.15, 0.2) is 15.8 Å². The molecule has 1 N–H and O–H groups in total. The summed E-state index contributed by atoms with van der Waals surface area (Å²) in [7, 11) is 1.21. The molecule has 1 aromatic heterocycles. The molecule has 0 bridgehead atoms. The Morgan fingerprint density at radius 3 is 2.33 bits per heavy atom. The maximum absolute atomic E-state index is 12.2. The number of aromatic nitrogens is 2. The largest absolute Gasteiger partial charge is 0.468 e. The second-order valence-corrected chi connectivity index (χ2v) is 7.34. The Labute approximate surface area is 156 Å². The Hall–Kier alpha value is -2.62. The van der Waals surface area contributed by atoms with Crippen LogP contribution in [0, 0.1) is 0 Å². The predicted molar refractivity (Wildman–Crippen MR) is 96.4 cm³/mol. The van der Waals surface area contributed by atoms with Crippen molar-refractivity contribution in [3.63, 3.8) is 0 Å². The number of hydrogen-bond acceptors (Lipinski definition) is 7. The summed E-state index contributed by atoms with van der Waals surface area (Å²) < 4.78 is 10.8. The Morgan fingerprint density at radius 1 is 1.15 bits per heavy atom. The molecule has 10 nitrogen and oxygen atoms in total. The molecular weight excluding hydrogens is 356 g/mol. The first-order chi connectivity index (χ1) is 12.6. The summed E-state index contributed by atoms with van der Waals surface area (Å²) in [5.74, 6) is -0.626. The van der Waals surface area contributed by atoms with Crippen LogP contribution in [0.2, 0.25) is 0 Å². The van der Waals surface area contributed by atoms with E-state index >= 15 is 0 Å². The highest BCUT2D eigenvalue weighted by Gasteiger charge is 2.26. The van der Waals surface area contributed by atoms with Crippen LogP contribution in [0.1, 0.15) is 26.3 Å². The molecule has 10 heteroatoms. The van der Waals surface area contributed by atoms with Crippen molar-refractivity contribution in [1.29, 1.82) is 0 Å². The highest BCUT2D eigenvalue weighted by molar-refractivity contribution is 5.68. The van der Waals surface area contributed by atoms with Gasteiger partial charge in [0.2, 0.25) is 0 Å². The van der Waals surface area contributed by atoms with Crippen LogP contribution in [0.5, 0.6) is 0 Å². The Bertz CT molecular complexity index is 799. The maximum Gasteiger partial charge on any atom is 0.410 e. The number of carbonyl (C=O) groups is 2. The molecule has 1 amide bonds. The van der Waals surface area contributed by atoms with Crippen molar-refractivity contribution in [3.05, 3.63) is 32.3 Å². The van der Waals surface area contributed by atoms with E-state index < -0.39 is 22.6 Å². The Morgan fingerprint density at radius 2 is 1.78 bits per heavy atom. The molecule has 1 fully saturated rings. The summed E-state index contributed by atoms with van der Waals surface area (Å²) in [5.41, 5.74) is -1.69. The van der Waals surface area contributed by atoms with Crippen molar-refractivity contribution in [1.82, 2.24) is 19.6 Å². The molecule has 0 saturated carbocycles. The molecule has 2 heterocycles. The average Bonchev–Trinajstić information content (AvgIpc) is 2.60. The van der Waals surface area contributed by atoms with Gasteiger partial charge >= 0.3 is 17.6 Å². The lowest BCUT2D eigenvalue weighted by atomic mass is 10.2. The van der Waals surface area contributed by atoms with Crippen LogP contribution in [0.3, 0.4) is 0 Å². The zero-order valence-corrected chi connectivity index (χ0v) is 16.1. The van der Waals surface area contributed by atoms with E-state index in [9.17, 15) is 19.2 Å². The third-order valence-electron chi connectivity index (χ3n) is 4.06. The van der Waals surface area contributed by atoms with Crippen molar-refractivity contribution in [3.8, 4) is 0 Å². The summed E-state index contributed by atoms with van der Waals surface area (Å²) >= 11 is 0. The van der Waals surface area contributed by atoms with E-state index in [0.717, 1.165) is 4.68 Å². The number of H-pyrrole nitrogens is 1. The Kier molecular flexibility index (Phi) is 6.42. The van der Waals surface area contributed by atoms with Crippen LogP contribution >= 0.6 is 0 Å². The van der Waals surface area contributed by atoms with Gasteiger partial charge in [0.05, 0.1) is 7.11 Å². The second kappa shape index (κ2) is 8.38. The molecule has 2 rings (SSSR count). The lowest BCUT2D eigenvalue weighted by molar-refractivity contribution is -0.141. The molecule has 0 radical (unpaired) electrons. The zero-order chi connectivity index (χ0) is 20.2. The van der Waals surface area contributed by atoms with E-state index in [4.69, 9.17) is 4.74 Å². The quantitative estimate of drug-likeness (QED) is 0.565. The van der Waals surface area contributed by atoms with E-state index in [1.165, 1.54) is 13.3 Å². The number of ether oxygens (including phenoxy) is 2. The molecule has 1 aliphatic heterocycles. The summed E-state index contributed by atoms with van der Waals surface area (Å²) in [6, 6.07) is 0. The van der Waals surface area contributed by atoms with Crippen LogP contribution in [-0.2, 0) is 27.4 Å². The predicted octanol–water partition coefficient (Wildman–Crippen LogP) is -0.238. The van der Waals surface area contributed by atoms with Crippen LogP contribution < -0.4 is 11.0 Å². The minimum Gasteiger partial charge on any atom is -0.468 e. The highest BCUT2D eigenvalue weighted by atomic mass is 16.6. The highest BCUT2D eigenvalue weighted by Crippen LogP contribution is 2.12. The van der Waals surface area contributed by atoms with Gasteiger partial charge in [0.25, 0.3) is 5.43 Å². The van der Waals surface area contributed by atoms with Crippen LogP contribution in [-0.4, -0.2) is 70.5 Å². The topological polar surface area (TPSA) is 114 Å². The number of nitrogens with zero attached hydrogens (tertiary/aromatic N) is 3. The third-order valence-corrected chi connectivity index (χ3v) is 4.06. The number of amides is 1. The van der Waals surface area contributed by atoms with Gasteiger partial charge in [0.1, 0.15) is 12.1 Å². The van der Waals surface area contributed by atoms with E-state index in [-0.39, 0.29) is 19.2 Å². The van der Waals surface area contributed by atoms with Gasteiger partial charge in [-0.2, -0.15) is 0 Å². The molecule has 27 heavy (non-hydrogen) atoms. The number of nitrogens with one attached hydrogen (secondary N) is 1. The first kappa shape index (κ1) is 20.7. The third kappa shape index (κ3) is 5.68. The number of hydrogen-bond donors (Lipinski definition) is 1. The normalized spacial score (nSPS) is 15.5. The molecule has 0 aromatic carbocycles. The van der Waals surface area contributed by atoms with Gasteiger partial charge in [0.15, 0.2) is 0 Å². The minimum absolute atomic E-state index is 0.284. The van der Waals surface area contributed by atoms with Gasteiger partial charge in [-0.3, -0.25) is 19.3 Å². The summed E-state index contributed by atoms with van der Waals surface area (Å²) in [6.45, 7) is 7.46. The number of rotatable bonds is 4. The van der Waals surface area contributed by atoms with E-state index in [1.54, 1.807) is 4.90 Å². The lowest BCUT2D eigenvalue weighted by Gasteiger charge is -2.35. The van der Waals surface area contributed by atoms with Crippen molar-refractivity contribution in [2.45, 2.75) is 39.5 Å². The van der Waals surface area contributed by atoms with Crippen molar-refractivity contribution >= 4 is 12.1 Å². The lowest BCUT2D eigenvalue weighted by Crippen LogP contribution is -2.50. The van der Waals surface area contributed by atoms with Gasteiger partial charge in [-0.25, -0.2) is 9.48 Å². The first-order valence-electron chi connectivity index (χ1n) is 8.69. The summed E-state index contributed by atoms with van der Waals surface area (Å²) in [6.07, 6.45) is 1.07. The van der Waals surface area contributed by atoms with E-state index in [2.05, 4.69) is 9.84 Å². The SMILES string of the molecule is COC(=O)Cn1[nH]cc(CN2CCN(C(=O)OC(C)(C)C)CC2)c(=O)c1=O. The first-order valence-corrected chi connectivity index (χ1v) is 8.69. The second-order valence-electron chi connectivity index (χ2n) is 7.34. The fraction of sp³-hybridized carbons (Fsp3) is 0.647. The van der Waals surface area contributed by atoms with Gasteiger partial charge in [-0.1, -0.05) is 0 Å². The fourth-order valence-corrected chi connectivity index (χ4v) is 2.62. The molecule has 1 saturated heterocycles. The molecular formula is C17H26N4O6.